The molecule has 3 amide bonds. The van der Waals surface area contributed by atoms with E-state index in [1.54, 1.807) is 20.8 Å². The van der Waals surface area contributed by atoms with E-state index in [1.807, 2.05) is 26.0 Å². The molecule has 1 aromatic heterocycles. The molecular formula is C19H24N2O5. The molecule has 0 fully saturated rings. The maximum Gasteiger partial charge on any atom is 0.321 e. The number of nitrogens with one attached hydrogen (secondary N) is 2. The number of aryl methyl sites for hydroxylation is 2. The number of carbonyl (C=O) groups excluding carboxylic acids is 3. The van der Waals surface area contributed by atoms with Crippen molar-refractivity contribution in [1.82, 2.24) is 10.6 Å². The molecule has 140 valence electrons. The van der Waals surface area contributed by atoms with E-state index in [0.29, 0.717) is 5.56 Å². The van der Waals surface area contributed by atoms with Crippen LogP contribution in [0.4, 0.5) is 4.79 Å². The van der Waals surface area contributed by atoms with Crippen molar-refractivity contribution in [3.05, 3.63) is 35.1 Å². The minimum Gasteiger partial charge on any atom is -0.464 e. The number of urea groups is 1. The van der Waals surface area contributed by atoms with Crippen molar-refractivity contribution in [1.29, 1.82) is 0 Å². The second kappa shape index (κ2) is 7.59. The Balaban J connectivity index is 1.89. The number of furan rings is 1. The number of imide groups is 1. The Labute approximate surface area is 152 Å². The summed E-state index contributed by atoms with van der Waals surface area (Å²) in [6.07, 6.45) is 1.51. The Hall–Kier alpha value is -2.83. The summed E-state index contributed by atoms with van der Waals surface area (Å²) in [5, 5.41) is 5.54. The topological polar surface area (TPSA) is 97.6 Å². The summed E-state index contributed by atoms with van der Waals surface area (Å²) in [5.41, 5.74) is 3.08. The molecule has 0 aliphatic heterocycles. The second-order valence-electron chi connectivity index (χ2n) is 7.23. The molecule has 2 aromatic rings. The average molecular weight is 360 g/mol. The number of rotatable bonds is 4. The fraction of sp³-hybridized carbons (Fsp3) is 0.421. The molecule has 7 heteroatoms. The van der Waals surface area contributed by atoms with Gasteiger partial charge < -0.3 is 14.5 Å². The van der Waals surface area contributed by atoms with Gasteiger partial charge >= 0.3 is 12.0 Å². The lowest BCUT2D eigenvalue weighted by atomic mass is 10.0. The van der Waals surface area contributed by atoms with Gasteiger partial charge in [0.1, 0.15) is 5.58 Å². The highest BCUT2D eigenvalue weighted by atomic mass is 16.5. The van der Waals surface area contributed by atoms with Gasteiger partial charge in [0, 0.05) is 16.5 Å². The quantitative estimate of drug-likeness (QED) is 0.817. The highest BCUT2D eigenvalue weighted by Crippen LogP contribution is 2.26. The summed E-state index contributed by atoms with van der Waals surface area (Å²) in [4.78, 5) is 35.2. The lowest BCUT2D eigenvalue weighted by Crippen LogP contribution is -2.49. The molecule has 1 aromatic carbocycles. The van der Waals surface area contributed by atoms with Gasteiger partial charge in [-0.1, -0.05) is 12.1 Å². The lowest BCUT2D eigenvalue weighted by molar-refractivity contribution is -0.147. The second-order valence-corrected chi connectivity index (χ2v) is 7.23. The Kier molecular flexibility index (Phi) is 5.69. The number of hydrogen-bond donors (Lipinski definition) is 2. The Morgan fingerprint density at radius 2 is 1.85 bits per heavy atom. The number of hydrogen-bond acceptors (Lipinski definition) is 5. The molecule has 1 heterocycles. The van der Waals surface area contributed by atoms with Gasteiger partial charge in [-0.2, -0.15) is 0 Å². The van der Waals surface area contributed by atoms with Crippen LogP contribution in [0.15, 0.2) is 22.8 Å². The van der Waals surface area contributed by atoms with Gasteiger partial charge in [-0.3, -0.25) is 14.9 Å². The van der Waals surface area contributed by atoms with Gasteiger partial charge in [-0.05, 0) is 45.7 Å². The third-order valence-corrected chi connectivity index (χ3v) is 3.78. The van der Waals surface area contributed by atoms with Gasteiger partial charge in [0.05, 0.1) is 12.7 Å². The van der Waals surface area contributed by atoms with Crippen LogP contribution in [0.3, 0.4) is 0 Å². The first-order valence-corrected chi connectivity index (χ1v) is 8.31. The van der Waals surface area contributed by atoms with E-state index >= 15 is 0 Å². The molecule has 0 aliphatic rings. The molecule has 0 aliphatic carbocycles. The van der Waals surface area contributed by atoms with Crippen molar-refractivity contribution in [3.8, 4) is 0 Å². The van der Waals surface area contributed by atoms with Crippen molar-refractivity contribution < 1.29 is 23.5 Å². The van der Waals surface area contributed by atoms with Crippen molar-refractivity contribution >= 4 is 28.9 Å². The van der Waals surface area contributed by atoms with E-state index in [1.165, 1.54) is 6.26 Å². The molecule has 0 bridgehead atoms. The van der Waals surface area contributed by atoms with Crippen LogP contribution in [-0.2, 0) is 20.7 Å². The Bertz CT molecular complexity index is 845. The SMILES string of the molecule is Cc1ccc2c(CC(=O)OCC(=O)NC(=O)NC(C)(C)C)coc2c1C. The average Bonchev–Trinajstić information content (AvgIpc) is 2.90. The monoisotopic (exact) mass is 360 g/mol. The summed E-state index contributed by atoms with van der Waals surface area (Å²) in [5.74, 6) is -1.26. The van der Waals surface area contributed by atoms with E-state index < -0.39 is 30.1 Å². The molecule has 0 unspecified atom stereocenters. The van der Waals surface area contributed by atoms with Gasteiger partial charge in [-0.25, -0.2) is 4.79 Å². The van der Waals surface area contributed by atoms with E-state index in [9.17, 15) is 14.4 Å². The highest BCUT2D eigenvalue weighted by molar-refractivity contribution is 5.96. The Morgan fingerprint density at radius 1 is 1.15 bits per heavy atom. The molecule has 0 saturated carbocycles. The van der Waals surface area contributed by atoms with Crippen molar-refractivity contribution in [2.75, 3.05) is 6.61 Å². The van der Waals surface area contributed by atoms with Gasteiger partial charge in [0.25, 0.3) is 5.91 Å². The third-order valence-electron chi connectivity index (χ3n) is 3.78. The number of ether oxygens (including phenoxy) is 1. The molecule has 0 atom stereocenters. The summed E-state index contributed by atoms with van der Waals surface area (Å²) in [7, 11) is 0. The van der Waals surface area contributed by atoms with Crippen molar-refractivity contribution in [3.63, 3.8) is 0 Å². The fourth-order valence-electron chi connectivity index (χ4n) is 2.41. The number of carbonyl (C=O) groups is 3. The van der Waals surface area contributed by atoms with E-state index in [-0.39, 0.29) is 6.42 Å². The maximum absolute atomic E-state index is 12.0. The molecular weight excluding hydrogens is 336 g/mol. The first kappa shape index (κ1) is 19.5. The van der Waals surface area contributed by atoms with Crippen LogP contribution >= 0.6 is 0 Å². The molecule has 0 radical (unpaired) electrons. The fourth-order valence-corrected chi connectivity index (χ4v) is 2.41. The van der Waals surface area contributed by atoms with Crippen LogP contribution in [0.5, 0.6) is 0 Å². The zero-order chi connectivity index (χ0) is 19.5. The number of amides is 3. The largest absolute Gasteiger partial charge is 0.464 e. The summed E-state index contributed by atoms with van der Waals surface area (Å²) in [6.45, 7) is 8.78. The molecule has 0 spiro atoms. The molecule has 0 saturated heterocycles. The minimum absolute atomic E-state index is 0.0169. The number of esters is 1. The molecule has 7 nitrogen and oxygen atoms in total. The normalized spacial score (nSPS) is 11.3. The molecule has 26 heavy (non-hydrogen) atoms. The Morgan fingerprint density at radius 3 is 2.50 bits per heavy atom. The highest BCUT2D eigenvalue weighted by Gasteiger charge is 2.18. The van der Waals surface area contributed by atoms with Crippen LogP contribution in [0.1, 0.15) is 37.5 Å². The number of fused-ring (bicyclic) bond motifs is 1. The van der Waals surface area contributed by atoms with E-state index in [4.69, 9.17) is 9.15 Å². The zero-order valence-corrected chi connectivity index (χ0v) is 15.7. The standard InChI is InChI=1S/C19H24N2O5/c1-11-6-7-14-13(9-26-17(14)12(11)2)8-16(23)25-10-15(22)20-18(24)21-19(3,4)5/h6-7,9H,8,10H2,1-5H3,(H2,20,21,22,24). The smallest absolute Gasteiger partial charge is 0.321 e. The van der Waals surface area contributed by atoms with Crippen molar-refractivity contribution in [2.45, 2.75) is 46.6 Å². The first-order valence-electron chi connectivity index (χ1n) is 8.31. The third kappa shape index (κ3) is 5.08. The molecule has 2 N–H and O–H groups in total. The van der Waals surface area contributed by atoms with Crippen molar-refractivity contribution in [2.24, 2.45) is 0 Å². The molecule has 2 rings (SSSR count). The summed E-state index contributed by atoms with van der Waals surface area (Å²) < 4.78 is 10.5. The first-order chi connectivity index (χ1) is 12.1. The van der Waals surface area contributed by atoms with Crippen LogP contribution < -0.4 is 10.6 Å². The minimum atomic E-state index is -0.691. The summed E-state index contributed by atoms with van der Waals surface area (Å²) >= 11 is 0. The van der Waals surface area contributed by atoms with Gasteiger partial charge in [0.15, 0.2) is 6.61 Å². The van der Waals surface area contributed by atoms with Crippen LogP contribution in [0, 0.1) is 13.8 Å². The maximum atomic E-state index is 12.0. The predicted molar refractivity (Wildman–Crippen MR) is 96.8 cm³/mol. The van der Waals surface area contributed by atoms with Gasteiger partial charge in [0.2, 0.25) is 0 Å². The number of benzene rings is 1. The van der Waals surface area contributed by atoms with Crippen LogP contribution in [-0.4, -0.2) is 30.1 Å². The van der Waals surface area contributed by atoms with E-state index in [2.05, 4.69) is 10.6 Å². The summed E-state index contributed by atoms with van der Waals surface area (Å²) in [6, 6.07) is 3.22. The lowest BCUT2D eigenvalue weighted by Gasteiger charge is -2.20. The van der Waals surface area contributed by atoms with E-state index in [0.717, 1.165) is 22.1 Å². The van der Waals surface area contributed by atoms with Gasteiger partial charge in [-0.15, -0.1) is 0 Å². The van der Waals surface area contributed by atoms with Crippen LogP contribution in [0.2, 0.25) is 0 Å². The predicted octanol–water partition coefficient (Wildman–Crippen LogP) is 2.76. The van der Waals surface area contributed by atoms with Crippen LogP contribution in [0.25, 0.3) is 11.0 Å². The zero-order valence-electron chi connectivity index (χ0n) is 15.7.